The summed E-state index contributed by atoms with van der Waals surface area (Å²) in [6, 6.07) is 42.0. The van der Waals surface area contributed by atoms with Crippen LogP contribution in [0.2, 0.25) is 0 Å². The molecule has 1 heterocycles. The van der Waals surface area contributed by atoms with Crippen molar-refractivity contribution in [3.8, 4) is 6.07 Å². The van der Waals surface area contributed by atoms with Gasteiger partial charge < -0.3 is 9.47 Å². The minimum Gasteiger partial charge on any atom is -0.324 e. The average Bonchev–Trinajstić information content (AvgIpc) is 3.38. The maximum absolute atomic E-state index is 9.76. The Kier molecular flexibility index (Phi) is 7.52. The molecule has 0 unspecified atom stereocenters. The molecule has 6 aromatic rings. The lowest BCUT2D eigenvalue weighted by Gasteiger charge is -2.28. The Morgan fingerprint density at radius 2 is 1.43 bits per heavy atom. The average molecular weight is 571 g/mol. The molecular formula is C40H34N4. The van der Waals surface area contributed by atoms with Crippen molar-refractivity contribution in [3.05, 3.63) is 150 Å². The lowest BCUT2D eigenvalue weighted by Crippen LogP contribution is -2.17. The van der Waals surface area contributed by atoms with Crippen LogP contribution in [0.15, 0.2) is 133 Å². The van der Waals surface area contributed by atoms with E-state index in [1.165, 1.54) is 16.3 Å². The van der Waals surface area contributed by atoms with E-state index in [-0.39, 0.29) is 11.8 Å². The first-order valence-electron chi connectivity index (χ1n) is 14.9. The van der Waals surface area contributed by atoms with E-state index in [0.29, 0.717) is 11.4 Å². The number of nitriles is 1. The molecule has 0 amide bonds. The normalized spacial score (nSPS) is 12.6. The molecule has 0 aliphatic rings. The van der Waals surface area contributed by atoms with E-state index in [0.717, 1.165) is 38.9 Å². The van der Waals surface area contributed by atoms with Crippen LogP contribution in [-0.4, -0.2) is 4.57 Å². The molecule has 214 valence electrons. The number of para-hydroxylation sites is 2. The first-order valence-corrected chi connectivity index (χ1v) is 14.9. The Morgan fingerprint density at radius 3 is 2.05 bits per heavy atom. The smallest absolute Gasteiger partial charge is 0.229 e. The topological polar surface area (TPSA) is 36.3 Å². The number of hydrogen-bond donors (Lipinski definition) is 0. The highest BCUT2D eigenvalue weighted by Gasteiger charge is 2.24. The second kappa shape index (κ2) is 11.6. The van der Waals surface area contributed by atoms with Crippen LogP contribution in [0.3, 0.4) is 0 Å². The number of benzene rings is 5. The molecule has 44 heavy (non-hydrogen) atoms. The Morgan fingerprint density at radius 1 is 0.818 bits per heavy atom. The van der Waals surface area contributed by atoms with Crippen LogP contribution in [0.5, 0.6) is 0 Å². The van der Waals surface area contributed by atoms with Gasteiger partial charge in [-0.25, -0.2) is 4.85 Å². The third kappa shape index (κ3) is 5.02. The number of fused-ring (bicyclic) bond motifs is 5. The van der Waals surface area contributed by atoms with Gasteiger partial charge in [-0.3, -0.25) is 0 Å². The summed E-state index contributed by atoms with van der Waals surface area (Å²) in [6.07, 6.45) is 2.07. The van der Waals surface area contributed by atoms with Crippen LogP contribution in [0, 0.1) is 17.9 Å². The quantitative estimate of drug-likeness (QED) is 0.147. The van der Waals surface area contributed by atoms with Gasteiger partial charge >= 0.3 is 0 Å². The molecule has 0 aliphatic carbocycles. The van der Waals surface area contributed by atoms with Gasteiger partial charge in [0.2, 0.25) is 5.70 Å². The summed E-state index contributed by atoms with van der Waals surface area (Å²) in [5.74, 6) is 0. The van der Waals surface area contributed by atoms with Crippen molar-refractivity contribution < 1.29 is 0 Å². The number of aromatic nitrogens is 1. The van der Waals surface area contributed by atoms with Crippen molar-refractivity contribution in [1.29, 1.82) is 5.26 Å². The van der Waals surface area contributed by atoms with Crippen LogP contribution in [0.4, 0.5) is 11.4 Å². The van der Waals surface area contributed by atoms with E-state index in [1.807, 2.05) is 49.4 Å². The van der Waals surface area contributed by atoms with Crippen molar-refractivity contribution in [3.63, 3.8) is 0 Å². The zero-order valence-corrected chi connectivity index (χ0v) is 25.5. The number of anilines is 2. The molecule has 4 heteroatoms. The summed E-state index contributed by atoms with van der Waals surface area (Å²) < 4.78 is 2.19. The molecule has 5 aromatic carbocycles. The fourth-order valence-electron chi connectivity index (χ4n) is 6.07. The van der Waals surface area contributed by atoms with Crippen molar-refractivity contribution in [2.45, 2.75) is 39.5 Å². The molecule has 0 saturated carbocycles. The van der Waals surface area contributed by atoms with Gasteiger partial charge in [-0.2, -0.15) is 5.26 Å². The fourth-order valence-corrected chi connectivity index (χ4v) is 6.07. The van der Waals surface area contributed by atoms with Crippen LogP contribution in [0.1, 0.15) is 39.7 Å². The highest BCUT2D eigenvalue weighted by atomic mass is 15.2. The number of rotatable bonds is 6. The first kappa shape index (κ1) is 28.5. The molecule has 0 bridgehead atoms. The summed E-state index contributed by atoms with van der Waals surface area (Å²) in [4.78, 5) is 6.31. The minimum atomic E-state index is -0.0310. The standard InChI is InChI=1S/C40H34N4/c1-28(43(31-16-8-6-9-17-31)32-18-10-7-11-19-32)39(42-5)37(21-14-26-41)44-35-25-23-30(40(2,3)4)27-34(35)38-33-20-13-12-15-29(33)22-24-36(38)44/h6-13,15-25,27H,14H2,1-4H3/b37-21+,39-28-. The van der Waals surface area contributed by atoms with Crippen molar-refractivity contribution >= 4 is 49.7 Å². The maximum atomic E-state index is 9.76. The van der Waals surface area contributed by atoms with Gasteiger partial charge in [-0.1, -0.05) is 99.6 Å². The van der Waals surface area contributed by atoms with E-state index in [1.54, 1.807) is 0 Å². The van der Waals surface area contributed by atoms with Gasteiger partial charge in [0, 0.05) is 27.8 Å². The maximum Gasteiger partial charge on any atom is 0.229 e. The second-order valence-electron chi connectivity index (χ2n) is 12.0. The zero-order chi connectivity index (χ0) is 30.8. The molecule has 0 fully saturated rings. The van der Waals surface area contributed by atoms with Crippen LogP contribution in [-0.2, 0) is 5.41 Å². The van der Waals surface area contributed by atoms with Crippen LogP contribution >= 0.6 is 0 Å². The van der Waals surface area contributed by atoms with E-state index in [2.05, 4.69) is 120 Å². The second-order valence-corrected chi connectivity index (χ2v) is 12.0. The summed E-state index contributed by atoms with van der Waals surface area (Å²) in [6.45, 7) is 17.2. The lowest BCUT2D eigenvalue weighted by molar-refractivity contribution is 0.591. The fraction of sp³-hybridized carbons (Fsp3) is 0.150. The number of nitrogens with zero attached hydrogens (tertiary/aromatic N) is 4. The number of allylic oxidation sites excluding steroid dienone is 3. The number of hydrogen-bond acceptors (Lipinski definition) is 2. The van der Waals surface area contributed by atoms with Crippen LogP contribution < -0.4 is 4.90 Å². The predicted octanol–water partition coefficient (Wildman–Crippen LogP) is 11.0. The molecule has 0 radical (unpaired) electrons. The molecule has 0 atom stereocenters. The Hall–Kier alpha value is -5.58. The van der Waals surface area contributed by atoms with Gasteiger partial charge in [-0.05, 0) is 71.1 Å². The van der Waals surface area contributed by atoms with Gasteiger partial charge in [0.1, 0.15) is 0 Å². The molecule has 0 N–H and O–H groups in total. The zero-order valence-electron chi connectivity index (χ0n) is 25.5. The summed E-state index contributed by atoms with van der Waals surface area (Å²) in [7, 11) is 0. The SMILES string of the molecule is [C-]#[N+]C(=C(/C)N(c1ccccc1)c1ccccc1)/C(=C\CC#N)n1c2ccc(C(C)(C)C)cc2c2c3ccccc3ccc21. The summed E-state index contributed by atoms with van der Waals surface area (Å²) in [5, 5.41) is 14.4. The Bertz CT molecular complexity index is 2110. The van der Waals surface area contributed by atoms with E-state index in [9.17, 15) is 5.26 Å². The third-order valence-electron chi connectivity index (χ3n) is 8.21. The van der Waals surface area contributed by atoms with Gasteiger partial charge in [-0.15, -0.1) is 0 Å². The van der Waals surface area contributed by atoms with Crippen molar-refractivity contribution in [1.82, 2.24) is 4.57 Å². The van der Waals surface area contributed by atoms with Gasteiger partial charge in [0.25, 0.3) is 0 Å². The van der Waals surface area contributed by atoms with Crippen molar-refractivity contribution in [2.24, 2.45) is 0 Å². The van der Waals surface area contributed by atoms with E-state index >= 15 is 0 Å². The molecule has 0 aliphatic heterocycles. The van der Waals surface area contributed by atoms with Crippen LogP contribution in [0.25, 0.3) is 43.1 Å². The first-order chi connectivity index (χ1) is 21.3. The van der Waals surface area contributed by atoms with Gasteiger partial charge in [0.15, 0.2) is 0 Å². The van der Waals surface area contributed by atoms with E-state index < -0.39 is 0 Å². The summed E-state index contributed by atoms with van der Waals surface area (Å²) >= 11 is 0. The Labute approximate surface area is 259 Å². The summed E-state index contributed by atoms with van der Waals surface area (Å²) in [5.41, 5.74) is 7.12. The molecule has 0 spiro atoms. The highest BCUT2D eigenvalue weighted by molar-refractivity contribution is 6.22. The molecule has 4 nitrogen and oxygen atoms in total. The Balaban J connectivity index is 1.71. The lowest BCUT2D eigenvalue weighted by atomic mass is 9.86. The van der Waals surface area contributed by atoms with Crippen molar-refractivity contribution in [2.75, 3.05) is 4.90 Å². The molecule has 6 rings (SSSR count). The highest BCUT2D eigenvalue weighted by Crippen LogP contribution is 2.42. The van der Waals surface area contributed by atoms with Gasteiger partial charge in [0.05, 0.1) is 35.8 Å². The largest absolute Gasteiger partial charge is 0.324 e. The van der Waals surface area contributed by atoms with E-state index in [4.69, 9.17) is 6.57 Å². The monoisotopic (exact) mass is 570 g/mol. The predicted molar refractivity (Wildman–Crippen MR) is 184 cm³/mol. The third-order valence-corrected chi connectivity index (χ3v) is 8.21. The minimum absolute atomic E-state index is 0.0310. The molecular weight excluding hydrogens is 536 g/mol. The molecule has 1 aromatic heterocycles. The molecule has 0 saturated heterocycles.